The Morgan fingerprint density at radius 1 is 1.30 bits per heavy atom. The van der Waals surface area contributed by atoms with Gasteiger partial charge in [-0.2, -0.15) is 0 Å². The number of rotatable bonds is 5. The van der Waals surface area contributed by atoms with E-state index in [1.807, 2.05) is 6.07 Å². The second kappa shape index (κ2) is 6.91. The van der Waals surface area contributed by atoms with E-state index >= 15 is 0 Å². The molecule has 1 aromatic carbocycles. The average Bonchev–Trinajstić information content (AvgIpc) is 2.44. The summed E-state index contributed by atoms with van der Waals surface area (Å²) in [5, 5.41) is 0.0183. The van der Waals surface area contributed by atoms with Crippen molar-refractivity contribution in [2.45, 2.75) is 25.6 Å². The van der Waals surface area contributed by atoms with Crippen LogP contribution in [0.5, 0.6) is 11.6 Å². The molecule has 2 nitrogen and oxygen atoms in total. The molecule has 0 fully saturated rings. The van der Waals surface area contributed by atoms with Gasteiger partial charge in [0.15, 0.2) is 11.6 Å². The van der Waals surface area contributed by atoms with Crippen LogP contribution in [0, 0.1) is 5.82 Å². The monoisotopic (exact) mass is 313 g/mol. The molecule has 1 aromatic heterocycles. The van der Waals surface area contributed by atoms with Crippen molar-refractivity contribution in [2.24, 2.45) is 0 Å². The third-order valence-electron chi connectivity index (χ3n) is 2.71. The zero-order valence-corrected chi connectivity index (χ0v) is 12.5. The number of hydrogen-bond acceptors (Lipinski definition) is 2. The minimum atomic E-state index is -0.593. The van der Waals surface area contributed by atoms with Crippen molar-refractivity contribution in [3.05, 3.63) is 52.4 Å². The number of pyridine rings is 1. The van der Waals surface area contributed by atoms with Crippen molar-refractivity contribution in [2.75, 3.05) is 0 Å². The van der Waals surface area contributed by atoms with Crippen LogP contribution in [0.3, 0.4) is 0 Å². The molecular formula is C15H14Cl2FNO. The molecule has 0 aliphatic carbocycles. The predicted molar refractivity (Wildman–Crippen MR) is 79.3 cm³/mol. The maximum absolute atomic E-state index is 13.8. The quantitative estimate of drug-likeness (QED) is 0.693. The van der Waals surface area contributed by atoms with Gasteiger partial charge in [-0.15, -0.1) is 11.6 Å². The number of halogens is 3. The second-order valence-corrected chi connectivity index (χ2v) is 5.02. The molecule has 20 heavy (non-hydrogen) atoms. The van der Waals surface area contributed by atoms with Gasteiger partial charge in [0.2, 0.25) is 5.88 Å². The molecule has 2 rings (SSSR count). The fourth-order valence-corrected chi connectivity index (χ4v) is 2.13. The Kier molecular flexibility index (Phi) is 5.21. The molecule has 0 unspecified atom stereocenters. The van der Waals surface area contributed by atoms with Crippen LogP contribution < -0.4 is 4.74 Å². The maximum atomic E-state index is 13.8. The van der Waals surface area contributed by atoms with E-state index in [1.165, 1.54) is 12.1 Å². The summed E-state index contributed by atoms with van der Waals surface area (Å²) in [6.45, 7) is 2.06. The van der Waals surface area contributed by atoms with Crippen molar-refractivity contribution in [3.63, 3.8) is 0 Å². The van der Waals surface area contributed by atoms with Crippen LogP contribution in [0.2, 0.25) is 5.02 Å². The van der Waals surface area contributed by atoms with Gasteiger partial charge in [-0.05, 0) is 30.2 Å². The Morgan fingerprint density at radius 2 is 2.10 bits per heavy atom. The minimum Gasteiger partial charge on any atom is -0.436 e. The molecule has 0 radical (unpaired) electrons. The highest BCUT2D eigenvalue weighted by Crippen LogP contribution is 2.28. The fourth-order valence-electron chi connectivity index (χ4n) is 1.81. The van der Waals surface area contributed by atoms with Crippen molar-refractivity contribution in [3.8, 4) is 11.6 Å². The molecule has 0 aliphatic heterocycles. The lowest BCUT2D eigenvalue weighted by Crippen LogP contribution is -1.97. The largest absolute Gasteiger partial charge is 0.436 e. The van der Waals surface area contributed by atoms with Gasteiger partial charge in [0, 0.05) is 17.6 Å². The number of ether oxygens (including phenoxy) is 1. The molecule has 0 N–H and O–H groups in total. The summed E-state index contributed by atoms with van der Waals surface area (Å²) in [6, 6.07) is 8.23. The molecule has 5 heteroatoms. The van der Waals surface area contributed by atoms with Gasteiger partial charge in [-0.3, -0.25) is 0 Å². The van der Waals surface area contributed by atoms with Gasteiger partial charge < -0.3 is 4.74 Å². The summed E-state index contributed by atoms with van der Waals surface area (Å²) in [6.07, 6.45) is 1.78. The van der Waals surface area contributed by atoms with Crippen molar-refractivity contribution in [1.29, 1.82) is 0 Å². The lowest BCUT2D eigenvalue weighted by Gasteiger charge is -2.09. The van der Waals surface area contributed by atoms with E-state index in [-0.39, 0.29) is 10.8 Å². The molecule has 1 heterocycles. The van der Waals surface area contributed by atoms with E-state index in [0.29, 0.717) is 11.8 Å². The molecule has 0 aliphatic rings. The highest BCUT2D eigenvalue weighted by atomic mass is 35.5. The minimum absolute atomic E-state index is 0.0183. The van der Waals surface area contributed by atoms with Gasteiger partial charge in [0.05, 0.1) is 5.02 Å². The zero-order chi connectivity index (χ0) is 14.5. The molecule has 0 bridgehead atoms. The Balaban J connectivity index is 2.32. The topological polar surface area (TPSA) is 22.1 Å². The third kappa shape index (κ3) is 3.62. The Morgan fingerprint density at radius 3 is 2.80 bits per heavy atom. The van der Waals surface area contributed by atoms with E-state index in [0.717, 1.165) is 24.1 Å². The number of hydrogen-bond donors (Lipinski definition) is 0. The number of aryl methyl sites for hydroxylation is 1. The Hall–Kier alpha value is -1.32. The van der Waals surface area contributed by atoms with Crippen LogP contribution in [0.1, 0.15) is 24.6 Å². The first-order valence-corrected chi connectivity index (χ1v) is 7.23. The smallest absolute Gasteiger partial charge is 0.219 e. The normalized spacial score (nSPS) is 10.6. The van der Waals surface area contributed by atoms with Crippen molar-refractivity contribution >= 4 is 23.2 Å². The van der Waals surface area contributed by atoms with E-state index in [9.17, 15) is 4.39 Å². The molecule has 0 spiro atoms. The molecule has 0 atom stereocenters. The van der Waals surface area contributed by atoms with E-state index < -0.39 is 5.82 Å². The third-order valence-corrected chi connectivity index (χ3v) is 3.31. The van der Waals surface area contributed by atoms with Crippen molar-refractivity contribution < 1.29 is 9.13 Å². The summed E-state index contributed by atoms with van der Waals surface area (Å²) < 4.78 is 19.3. The zero-order valence-electron chi connectivity index (χ0n) is 11.0. The first-order chi connectivity index (χ1) is 9.63. The molecule has 0 saturated heterocycles. The second-order valence-electron chi connectivity index (χ2n) is 4.34. The van der Waals surface area contributed by atoms with Crippen molar-refractivity contribution in [1.82, 2.24) is 4.98 Å². The number of nitrogens with zero attached hydrogens (tertiary/aromatic N) is 1. The first kappa shape index (κ1) is 15.1. The summed E-state index contributed by atoms with van der Waals surface area (Å²) in [5.41, 5.74) is 1.77. The number of benzene rings is 1. The van der Waals surface area contributed by atoms with Crippen LogP contribution >= 0.6 is 23.2 Å². The van der Waals surface area contributed by atoms with Gasteiger partial charge >= 0.3 is 0 Å². The van der Waals surface area contributed by atoms with E-state index in [1.54, 1.807) is 12.1 Å². The van der Waals surface area contributed by atoms with E-state index in [2.05, 4.69) is 11.9 Å². The summed E-state index contributed by atoms with van der Waals surface area (Å²) in [4.78, 5) is 4.35. The average molecular weight is 314 g/mol. The molecular weight excluding hydrogens is 300 g/mol. The van der Waals surface area contributed by atoms with Crippen LogP contribution in [-0.4, -0.2) is 4.98 Å². The predicted octanol–water partition coefficient (Wildman–Crippen LogP) is 5.36. The summed E-state index contributed by atoms with van der Waals surface area (Å²) in [7, 11) is 0. The standard InChI is InChI=1S/C15H14Cl2FNO/c1-2-4-11-7-10(9-16)8-14(19-11)20-13-6-3-5-12(17)15(13)18/h3,5-8H,2,4,9H2,1H3. The highest BCUT2D eigenvalue weighted by molar-refractivity contribution is 6.30. The Labute approximate surface area is 127 Å². The molecule has 0 amide bonds. The maximum Gasteiger partial charge on any atom is 0.219 e. The molecule has 2 aromatic rings. The summed E-state index contributed by atoms with van der Waals surface area (Å²) in [5.74, 6) is 0.143. The highest BCUT2D eigenvalue weighted by Gasteiger charge is 2.10. The van der Waals surface area contributed by atoms with Gasteiger partial charge in [0.25, 0.3) is 0 Å². The van der Waals surface area contributed by atoms with Crippen LogP contribution in [-0.2, 0) is 12.3 Å². The number of alkyl halides is 1. The van der Waals surface area contributed by atoms with Crippen LogP contribution in [0.15, 0.2) is 30.3 Å². The first-order valence-electron chi connectivity index (χ1n) is 6.31. The SMILES string of the molecule is CCCc1cc(CCl)cc(Oc2cccc(Cl)c2F)n1. The summed E-state index contributed by atoms with van der Waals surface area (Å²) >= 11 is 11.6. The van der Waals surface area contributed by atoms with E-state index in [4.69, 9.17) is 27.9 Å². The van der Waals surface area contributed by atoms with Crippen LogP contribution in [0.4, 0.5) is 4.39 Å². The van der Waals surface area contributed by atoms with Crippen LogP contribution in [0.25, 0.3) is 0 Å². The fraction of sp³-hybridized carbons (Fsp3) is 0.267. The number of aromatic nitrogens is 1. The lowest BCUT2D eigenvalue weighted by molar-refractivity contribution is 0.425. The lowest BCUT2D eigenvalue weighted by atomic mass is 10.2. The van der Waals surface area contributed by atoms with Gasteiger partial charge in [0.1, 0.15) is 0 Å². The molecule has 0 saturated carbocycles. The Bertz CT molecular complexity index is 604. The van der Waals surface area contributed by atoms with Gasteiger partial charge in [-0.25, -0.2) is 9.37 Å². The van der Waals surface area contributed by atoms with Gasteiger partial charge in [-0.1, -0.05) is 31.0 Å². The molecule has 106 valence electrons.